The van der Waals surface area contributed by atoms with Crippen LogP contribution in [0.15, 0.2) is 91.6 Å². The first-order valence-corrected chi connectivity index (χ1v) is 12.8. The summed E-state index contributed by atoms with van der Waals surface area (Å²) >= 11 is 9.58. The minimum Gasteiger partial charge on any atom is -0.494 e. The van der Waals surface area contributed by atoms with E-state index in [1.54, 1.807) is 42.5 Å². The van der Waals surface area contributed by atoms with Gasteiger partial charge in [0, 0.05) is 21.6 Å². The molecule has 0 unspecified atom stereocenters. The average Bonchev–Trinajstić information content (AvgIpc) is 3.25. The molecule has 0 bridgehead atoms. The van der Waals surface area contributed by atoms with Crippen LogP contribution in [0.1, 0.15) is 12.5 Å². The van der Waals surface area contributed by atoms with Crippen LogP contribution in [0.2, 0.25) is 5.02 Å². The van der Waals surface area contributed by atoms with E-state index in [2.05, 4.69) is 26.2 Å². The number of halogens is 2. The monoisotopic (exact) mass is 546 g/mol. The fourth-order valence-electron chi connectivity index (χ4n) is 3.13. The minimum absolute atomic E-state index is 0.0433. The highest BCUT2D eigenvalue weighted by Gasteiger charge is 2.28. The van der Waals surface area contributed by atoms with Crippen molar-refractivity contribution in [1.29, 1.82) is 0 Å². The Morgan fingerprint density at radius 3 is 2.39 bits per heavy atom. The number of hydrogen-bond acceptors (Lipinski definition) is 6. The molecule has 1 N–H and O–H groups in total. The van der Waals surface area contributed by atoms with Gasteiger partial charge in [-0.15, -0.1) is 0 Å². The molecular weight excluding hydrogens is 528 g/mol. The third-order valence-electron chi connectivity index (χ3n) is 4.78. The number of benzene rings is 3. The van der Waals surface area contributed by atoms with E-state index in [9.17, 15) is 8.42 Å². The second-order valence-electron chi connectivity index (χ2n) is 7.01. The highest BCUT2D eigenvalue weighted by molar-refractivity contribution is 9.10. The summed E-state index contributed by atoms with van der Waals surface area (Å²) in [5.41, 5.74) is 1.42. The highest BCUT2D eigenvalue weighted by Crippen LogP contribution is 2.34. The van der Waals surface area contributed by atoms with Crippen LogP contribution in [-0.2, 0) is 16.4 Å². The Kier molecular flexibility index (Phi) is 7.07. The summed E-state index contributed by atoms with van der Waals surface area (Å²) < 4.78 is 39.0. The van der Waals surface area contributed by atoms with E-state index in [-0.39, 0.29) is 28.2 Å². The summed E-state index contributed by atoms with van der Waals surface area (Å²) in [6.45, 7) is 2.71. The molecule has 3 aromatic carbocycles. The lowest BCUT2D eigenvalue weighted by Crippen LogP contribution is -2.07. The maximum atomic E-state index is 13.4. The first kappa shape index (κ1) is 23.4. The Balaban J connectivity index is 1.74. The van der Waals surface area contributed by atoms with Crippen LogP contribution in [0.5, 0.6) is 5.75 Å². The van der Waals surface area contributed by atoms with Gasteiger partial charge >= 0.3 is 0 Å². The molecule has 0 aliphatic rings. The van der Waals surface area contributed by atoms with Crippen molar-refractivity contribution in [3.8, 4) is 17.2 Å². The van der Waals surface area contributed by atoms with Crippen LogP contribution in [0, 0.1) is 0 Å². The summed E-state index contributed by atoms with van der Waals surface area (Å²) in [7, 11) is -3.95. The fraction of sp³-hybridized carbons (Fsp3) is 0.125. The molecule has 0 saturated heterocycles. The van der Waals surface area contributed by atoms with Gasteiger partial charge in [0.05, 0.1) is 11.5 Å². The quantitative estimate of drug-likeness (QED) is 0.268. The second kappa shape index (κ2) is 9.99. The van der Waals surface area contributed by atoms with Gasteiger partial charge in [0.15, 0.2) is 0 Å². The number of oxazole rings is 1. The summed E-state index contributed by atoms with van der Waals surface area (Å²) in [6.07, 6.45) is 0. The van der Waals surface area contributed by atoms with E-state index in [0.29, 0.717) is 22.9 Å². The van der Waals surface area contributed by atoms with Crippen molar-refractivity contribution in [3.05, 3.63) is 87.9 Å². The molecule has 6 nitrogen and oxygen atoms in total. The predicted octanol–water partition coefficient (Wildman–Crippen LogP) is 6.60. The molecule has 4 rings (SSSR count). The molecule has 0 atom stereocenters. The van der Waals surface area contributed by atoms with Crippen LogP contribution >= 0.6 is 27.5 Å². The van der Waals surface area contributed by atoms with Crippen LogP contribution in [0.4, 0.5) is 5.88 Å². The van der Waals surface area contributed by atoms with Gasteiger partial charge in [-0.25, -0.2) is 8.42 Å². The van der Waals surface area contributed by atoms with Gasteiger partial charge in [0.2, 0.25) is 26.6 Å². The molecular formula is C24H20BrClN2O4S. The van der Waals surface area contributed by atoms with Crippen LogP contribution in [-0.4, -0.2) is 20.0 Å². The van der Waals surface area contributed by atoms with E-state index in [0.717, 1.165) is 10.0 Å². The summed E-state index contributed by atoms with van der Waals surface area (Å²) in [5.74, 6) is 0.921. The average molecular weight is 548 g/mol. The Bertz CT molecular complexity index is 1350. The van der Waals surface area contributed by atoms with Crippen molar-refractivity contribution < 1.29 is 17.6 Å². The maximum Gasteiger partial charge on any atom is 0.234 e. The molecule has 0 saturated carbocycles. The zero-order chi connectivity index (χ0) is 23.4. The molecule has 0 aliphatic heterocycles. The zero-order valence-electron chi connectivity index (χ0n) is 17.6. The van der Waals surface area contributed by atoms with E-state index in [4.69, 9.17) is 20.8 Å². The smallest absolute Gasteiger partial charge is 0.234 e. The number of ether oxygens (including phenoxy) is 1. The molecule has 4 aromatic rings. The molecule has 0 fully saturated rings. The minimum atomic E-state index is -3.95. The van der Waals surface area contributed by atoms with Crippen LogP contribution in [0.25, 0.3) is 11.5 Å². The summed E-state index contributed by atoms with van der Waals surface area (Å²) in [4.78, 5) is 4.47. The van der Waals surface area contributed by atoms with Gasteiger partial charge in [-0.2, -0.15) is 4.98 Å². The first-order valence-electron chi connectivity index (χ1n) is 10.1. The predicted molar refractivity (Wildman–Crippen MR) is 131 cm³/mol. The van der Waals surface area contributed by atoms with Crippen molar-refractivity contribution in [2.24, 2.45) is 0 Å². The Morgan fingerprint density at radius 2 is 1.73 bits per heavy atom. The van der Waals surface area contributed by atoms with Crippen molar-refractivity contribution in [1.82, 2.24) is 4.98 Å². The number of nitrogens with one attached hydrogen (secondary N) is 1. The topological polar surface area (TPSA) is 81.4 Å². The molecule has 0 amide bonds. The van der Waals surface area contributed by atoms with Crippen molar-refractivity contribution >= 4 is 43.3 Å². The van der Waals surface area contributed by atoms with Gasteiger partial charge < -0.3 is 14.5 Å². The summed E-state index contributed by atoms with van der Waals surface area (Å²) in [6, 6.07) is 20.8. The fourth-order valence-corrected chi connectivity index (χ4v) is 4.87. The number of rotatable bonds is 8. The number of anilines is 1. The number of aromatic nitrogens is 1. The Labute approximate surface area is 205 Å². The number of hydrogen-bond donors (Lipinski definition) is 1. The number of sulfone groups is 1. The summed E-state index contributed by atoms with van der Waals surface area (Å²) in [5, 5.41) is 3.42. The SMILES string of the molecule is CCOc1ccc(-c2nc(S(=O)(=O)c3ccc(Br)cc3)c(NCc3ccccc3Cl)o2)cc1. The normalized spacial score (nSPS) is 11.4. The third kappa shape index (κ3) is 5.24. The van der Waals surface area contributed by atoms with Crippen LogP contribution < -0.4 is 10.1 Å². The van der Waals surface area contributed by atoms with Crippen molar-refractivity contribution in [2.75, 3.05) is 11.9 Å². The van der Waals surface area contributed by atoms with Gasteiger partial charge in [-0.05, 0) is 67.1 Å². The third-order valence-corrected chi connectivity index (χ3v) is 7.36. The van der Waals surface area contributed by atoms with Crippen molar-refractivity contribution in [2.45, 2.75) is 23.4 Å². The molecule has 1 aromatic heterocycles. The molecule has 9 heteroatoms. The van der Waals surface area contributed by atoms with Gasteiger partial charge in [0.25, 0.3) is 0 Å². The van der Waals surface area contributed by atoms with Gasteiger partial charge in [-0.3, -0.25) is 0 Å². The maximum absolute atomic E-state index is 13.4. The van der Waals surface area contributed by atoms with E-state index in [1.165, 1.54) is 12.1 Å². The lowest BCUT2D eigenvalue weighted by atomic mass is 10.2. The molecule has 0 radical (unpaired) electrons. The molecule has 1 heterocycles. The Morgan fingerprint density at radius 1 is 1.03 bits per heavy atom. The van der Waals surface area contributed by atoms with E-state index in [1.807, 2.05) is 25.1 Å². The van der Waals surface area contributed by atoms with Crippen LogP contribution in [0.3, 0.4) is 0 Å². The molecule has 170 valence electrons. The standard InChI is InChI=1S/C24H20BrClN2O4S/c1-2-31-19-11-7-16(8-12-19)22-28-24(33(29,30)20-13-9-18(25)10-14-20)23(32-22)27-15-17-5-3-4-6-21(17)26/h3-14,27H,2,15H2,1H3. The molecule has 0 aliphatic carbocycles. The number of nitrogens with zero attached hydrogens (tertiary/aromatic N) is 1. The van der Waals surface area contributed by atoms with Gasteiger partial charge in [0.1, 0.15) is 5.75 Å². The van der Waals surface area contributed by atoms with Gasteiger partial charge in [-0.1, -0.05) is 45.7 Å². The first-order chi connectivity index (χ1) is 15.9. The largest absolute Gasteiger partial charge is 0.494 e. The lowest BCUT2D eigenvalue weighted by Gasteiger charge is -2.07. The van der Waals surface area contributed by atoms with Crippen molar-refractivity contribution in [3.63, 3.8) is 0 Å². The molecule has 33 heavy (non-hydrogen) atoms. The second-order valence-corrected chi connectivity index (χ2v) is 10.2. The highest BCUT2D eigenvalue weighted by atomic mass is 79.9. The zero-order valence-corrected chi connectivity index (χ0v) is 20.7. The Hall–Kier alpha value is -2.81. The lowest BCUT2D eigenvalue weighted by molar-refractivity contribution is 0.340. The van der Waals surface area contributed by atoms with E-state index < -0.39 is 9.84 Å². The van der Waals surface area contributed by atoms with E-state index >= 15 is 0 Å². The molecule has 0 spiro atoms.